The number of esters is 1. The molecule has 0 unspecified atom stereocenters. The first kappa shape index (κ1) is 16.7. The Kier molecular flexibility index (Phi) is 5.89. The first-order valence-corrected chi connectivity index (χ1v) is 6.32. The maximum Gasteiger partial charge on any atom is 0.407 e. The predicted molar refractivity (Wildman–Crippen MR) is 73.1 cm³/mol. The first-order chi connectivity index (χ1) is 9.81. The average Bonchev–Trinajstić information content (AvgIpc) is 2.41. The molecular formula is C13H19N3O5. The summed E-state index contributed by atoms with van der Waals surface area (Å²) in [5, 5.41) is 2.55. The van der Waals surface area contributed by atoms with Crippen LogP contribution >= 0.6 is 0 Å². The van der Waals surface area contributed by atoms with Gasteiger partial charge in [0.25, 0.3) is 0 Å². The van der Waals surface area contributed by atoms with Crippen LogP contribution in [0.15, 0.2) is 12.4 Å². The summed E-state index contributed by atoms with van der Waals surface area (Å²) >= 11 is 0. The third-order valence-corrected chi connectivity index (χ3v) is 2.04. The van der Waals surface area contributed by atoms with Gasteiger partial charge in [-0.3, -0.25) is 0 Å². The number of carbonyl (C=O) groups excluding carboxylic acids is 2. The minimum Gasteiger partial charge on any atom is -0.489 e. The Morgan fingerprint density at radius 3 is 2.38 bits per heavy atom. The van der Waals surface area contributed by atoms with E-state index in [-0.39, 0.29) is 19.0 Å². The maximum absolute atomic E-state index is 11.4. The highest BCUT2D eigenvalue weighted by molar-refractivity contribution is 5.84. The molecule has 0 spiro atoms. The predicted octanol–water partition coefficient (Wildman–Crippen LogP) is 1.17. The monoisotopic (exact) mass is 297 g/mol. The van der Waals surface area contributed by atoms with Crippen molar-refractivity contribution in [3.05, 3.63) is 18.2 Å². The van der Waals surface area contributed by atoms with Crippen molar-refractivity contribution < 1.29 is 23.8 Å². The van der Waals surface area contributed by atoms with Gasteiger partial charge in [-0.25, -0.2) is 19.6 Å². The van der Waals surface area contributed by atoms with Crippen LogP contribution in [0.2, 0.25) is 0 Å². The Morgan fingerprint density at radius 1 is 1.24 bits per heavy atom. The zero-order chi connectivity index (χ0) is 15.9. The zero-order valence-electron chi connectivity index (χ0n) is 12.5. The summed E-state index contributed by atoms with van der Waals surface area (Å²) in [5.74, 6) is -0.279. The topological polar surface area (TPSA) is 99.6 Å². The summed E-state index contributed by atoms with van der Waals surface area (Å²) < 4.78 is 14.8. The fraction of sp³-hybridized carbons (Fsp3) is 0.538. The number of methoxy groups -OCH3 is 1. The van der Waals surface area contributed by atoms with E-state index < -0.39 is 17.7 Å². The molecule has 1 aromatic heterocycles. The lowest BCUT2D eigenvalue weighted by Crippen LogP contribution is -2.34. The minimum absolute atomic E-state index is 0.0447. The van der Waals surface area contributed by atoms with E-state index in [2.05, 4.69) is 20.0 Å². The van der Waals surface area contributed by atoms with Crippen LogP contribution in [0.25, 0.3) is 0 Å². The van der Waals surface area contributed by atoms with Crippen LogP contribution in [-0.2, 0) is 9.47 Å². The van der Waals surface area contributed by atoms with Crippen molar-refractivity contribution in [3.8, 4) is 5.75 Å². The largest absolute Gasteiger partial charge is 0.489 e. The Hall–Kier alpha value is -2.38. The number of carbonyl (C=O) groups is 2. The van der Waals surface area contributed by atoms with Crippen LogP contribution in [0.1, 0.15) is 31.4 Å². The Bertz CT molecular complexity index is 482. The van der Waals surface area contributed by atoms with Crippen LogP contribution in [0.4, 0.5) is 4.79 Å². The maximum atomic E-state index is 11.4. The molecule has 0 fully saturated rings. The van der Waals surface area contributed by atoms with E-state index >= 15 is 0 Å². The third-order valence-electron chi connectivity index (χ3n) is 2.04. The molecule has 21 heavy (non-hydrogen) atoms. The lowest BCUT2D eigenvalue weighted by Gasteiger charge is -2.19. The SMILES string of the molecule is COC(=O)c1ncc(OCCNC(=O)OC(C)(C)C)cn1. The molecule has 0 saturated heterocycles. The van der Waals surface area contributed by atoms with Crippen molar-refractivity contribution >= 4 is 12.1 Å². The highest BCUT2D eigenvalue weighted by Crippen LogP contribution is 2.07. The molecule has 8 nitrogen and oxygen atoms in total. The molecule has 0 aliphatic rings. The van der Waals surface area contributed by atoms with Crippen molar-refractivity contribution in [2.24, 2.45) is 0 Å². The van der Waals surface area contributed by atoms with Gasteiger partial charge in [0, 0.05) is 0 Å². The van der Waals surface area contributed by atoms with Crippen molar-refractivity contribution in [2.75, 3.05) is 20.3 Å². The molecular weight excluding hydrogens is 278 g/mol. The van der Waals surface area contributed by atoms with Crippen LogP contribution < -0.4 is 10.1 Å². The number of rotatable bonds is 5. The van der Waals surface area contributed by atoms with E-state index in [4.69, 9.17) is 9.47 Å². The smallest absolute Gasteiger partial charge is 0.407 e. The molecule has 1 heterocycles. The van der Waals surface area contributed by atoms with E-state index in [1.54, 1.807) is 20.8 Å². The number of hydrogen-bond acceptors (Lipinski definition) is 7. The quantitative estimate of drug-likeness (QED) is 0.643. The molecule has 0 aliphatic carbocycles. The summed E-state index contributed by atoms with van der Waals surface area (Å²) in [5.41, 5.74) is -0.539. The minimum atomic E-state index is -0.617. The summed E-state index contributed by atoms with van der Waals surface area (Å²) in [6, 6.07) is 0. The molecule has 8 heteroatoms. The van der Waals surface area contributed by atoms with Gasteiger partial charge in [0.15, 0.2) is 5.75 Å². The van der Waals surface area contributed by atoms with Crippen molar-refractivity contribution in [2.45, 2.75) is 26.4 Å². The second-order valence-corrected chi connectivity index (χ2v) is 5.01. The van der Waals surface area contributed by atoms with Gasteiger partial charge >= 0.3 is 12.1 Å². The van der Waals surface area contributed by atoms with Crippen LogP contribution in [0.3, 0.4) is 0 Å². The fourth-order valence-corrected chi connectivity index (χ4v) is 1.22. The lowest BCUT2D eigenvalue weighted by atomic mass is 10.2. The molecule has 1 aromatic rings. The molecule has 0 saturated carbocycles. The van der Waals surface area contributed by atoms with E-state index in [1.165, 1.54) is 19.5 Å². The van der Waals surface area contributed by atoms with Crippen LogP contribution in [-0.4, -0.2) is 47.9 Å². The van der Waals surface area contributed by atoms with Crippen molar-refractivity contribution in [1.29, 1.82) is 0 Å². The summed E-state index contributed by atoms with van der Waals surface area (Å²) in [7, 11) is 1.25. The van der Waals surface area contributed by atoms with Crippen molar-refractivity contribution in [3.63, 3.8) is 0 Å². The van der Waals surface area contributed by atoms with Gasteiger partial charge in [-0.05, 0) is 20.8 Å². The Morgan fingerprint density at radius 2 is 1.86 bits per heavy atom. The van der Waals surface area contributed by atoms with E-state index in [9.17, 15) is 9.59 Å². The second-order valence-electron chi connectivity index (χ2n) is 5.01. The van der Waals surface area contributed by atoms with Gasteiger partial charge < -0.3 is 19.5 Å². The number of nitrogens with one attached hydrogen (secondary N) is 1. The number of amides is 1. The molecule has 116 valence electrons. The van der Waals surface area contributed by atoms with Gasteiger partial charge in [0.05, 0.1) is 26.0 Å². The zero-order valence-corrected chi connectivity index (χ0v) is 12.5. The normalized spacial score (nSPS) is 10.7. The van der Waals surface area contributed by atoms with Gasteiger partial charge in [0.1, 0.15) is 12.2 Å². The lowest BCUT2D eigenvalue weighted by molar-refractivity contribution is 0.0518. The van der Waals surface area contributed by atoms with E-state index in [0.717, 1.165) is 0 Å². The highest BCUT2D eigenvalue weighted by atomic mass is 16.6. The highest BCUT2D eigenvalue weighted by Gasteiger charge is 2.15. The summed E-state index contributed by atoms with van der Waals surface area (Å²) in [6.07, 6.45) is 2.20. The third kappa shape index (κ3) is 6.55. The number of aromatic nitrogens is 2. The standard InChI is InChI=1S/C13H19N3O5/c1-13(2,3)21-12(18)14-5-6-20-9-7-15-10(16-8-9)11(17)19-4/h7-8H,5-6H2,1-4H3,(H,14,18). The molecule has 0 aromatic carbocycles. The van der Waals surface area contributed by atoms with Crippen LogP contribution in [0.5, 0.6) is 5.75 Å². The van der Waals surface area contributed by atoms with Gasteiger partial charge in [-0.2, -0.15) is 0 Å². The van der Waals surface area contributed by atoms with Gasteiger partial charge in [-0.15, -0.1) is 0 Å². The number of alkyl carbamates (subject to hydrolysis) is 1. The number of nitrogens with zero attached hydrogens (tertiary/aromatic N) is 2. The van der Waals surface area contributed by atoms with Crippen LogP contribution in [0, 0.1) is 0 Å². The van der Waals surface area contributed by atoms with Gasteiger partial charge in [0.2, 0.25) is 5.82 Å². The Balaban J connectivity index is 2.30. The van der Waals surface area contributed by atoms with E-state index in [0.29, 0.717) is 5.75 Å². The molecule has 0 bridgehead atoms. The summed E-state index contributed by atoms with van der Waals surface area (Å²) in [4.78, 5) is 30.1. The number of ether oxygens (including phenoxy) is 3. The van der Waals surface area contributed by atoms with Gasteiger partial charge in [-0.1, -0.05) is 0 Å². The molecule has 0 aliphatic heterocycles. The molecule has 1 N–H and O–H groups in total. The second kappa shape index (κ2) is 7.41. The number of hydrogen-bond donors (Lipinski definition) is 1. The summed E-state index contributed by atoms with van der Waals surface area (Å²) in [6.45, 7) is 5.84. The average molecular weight is 297 g/mol. The van der Waals surface area contributed by atoms with Crippen molar-refractivity contribution in [1.82, 2.24) is 15.3 Å². The first-order valence-electron chi connectivity index (χ1n) is 6.32. The molecule has 0 atom stereocenters. The molecule has 1 amide bonds. The molecule has 0 radical (unpaired) electrons. The Labute approximate surface area is 122 Å². The molecule has 1 rings (SSSR count). The van der Waals surface area contributed by atoms with E-state index in [1.807, 2.05) is 0 Å². The fourth-order valence-electron chi connectivity index (χ4n) is 1.22.